The molecule has 1 saturated carbocycles. The van der Waals surface area contributed by atoms with Gasteiger partial charge < -0.3 is 14.4 Å². The van der Waals surface area contributed by atoms with E-state index >= 15 is 0 Å². The third-order valence-electron chi connectivity index (χ3n) is 5.27. The molecule has 2 fully saturated rings. The van der Waals surface area contributed by atoms with Gasteiger partial charge in [0.2, 0.25) is 0 Å². The molecule has 1 aliphatic carbocycles. The van der Waals surface area contributed by atoms with E-state index in [0.717, 1.165) is 19.4 Å². The Morgan fingerprint density at radius 2 is 2.00 bits per heavy atom. The molecule has 136 valence electrons. The standard InChI is InChI=1S/C18H24N2O5/c1-24-16-9-8-14(20(22)23)11-17(16)25-12-18(21)19-10-4-6-13-5-2-3-7-15(13)19/h8-9,11,13,15H,2-7,10,12H2,1H3/t13-,15-/m0/s1. The number of nitro groups is 1. The zero-order chi connectivity index (χ0) is 17.8. The van der Waals surface area contributed by atoms with Crippen molar-refractivity contribution >= 4 is 11.6 Å². The molecule has 7 nitrogen and oxygen atoms in total. The van der Waals surface area contributed by atoms with Crippen LogP contribution < -0.4 is 9.47 Å². The Balaban J connectivity index is 1.67. The topological polar surface area (TPSA) is 81.9 Å². The van der Waals surface area contributed by atoms with E-state index in [-0.39, 0.29) is 24.0 Å². The van der Waals surface area contributed by atoms with Gasteiger partial charge in [-0.2, -0.15) is 0 Å². The summed E-state index contributed by atoms with van der Waals surface area (Å²) in [5.74, 6) is 1.17. The first-order valence-corrected chi connectivity index (χ1v) is 8.85. The second-order valence-corrected chi connectivity index (χ2v) is 6.72. The van der Waals surface area contributed by atoms with E-state index < -0.39 is 4.92 Å². The maximum absolute atomic E-state index is 12.7. The van der Waals surface area contributed by atoms with Crippen LogP contribution in [0.3, 0.4) is 0 Å². The first-order chi connectivity index (χ1) is 12.1. The normalized spacial score (nSPS) is 22.8. The highest BCUT2D eigenvalue weighted by Gasteiger charge is 2.35. The summed E-state index contributed by atoms with van der Waals surface area (Å²) in [7, 11) is 1.47. The van der Waals surface area contributed by atoms with Crippen LogP contribution in [0.1, 0.15) is 38.5 Å². The molecule has 1 aromatic rings. The van der Waals surface area contributed by atoms with Gasteiger partial charge >= 0.3 is 0 Å². The highest BCUT2D eigenvalue weighted by molar-refractivity contribution is 5.78. The third-order valence-corrected chi connectivity index (χ3v) is 5.27. The predicted molar refractivity (Wildman–Crippen MR) is 91.8 cm³/mol. The first-order valence-electron chi connectivity index (χ1n) is 8.85. The number of hydrogen-bond donors (Lipinski definition) is 0. The van der Waals surface area contributed by atoms with Crippen molar-refractivity contribution in [1.82, 2.24) is 4.90 Å². The molecule has 3 rings (SSSR count). The van der Waals surface area contributed by atoms with Crippen molar-refractivity contribution < 1.29 is 19.2 Å². The van der Waals surface area contributed by atoms with Crippen LogP contribution in [0.15, 0.2) is 18.2 Å². The van der Waals surface area contributed by atoms with Crippen molar-refractivity contribution in [2.24, 2.45) is 5.92 Å². The second-order valence-electron chi connectivity index (χ2n) is 6.72. The zero-order valence-electron chi connectivity index (χ0n) is 14.5. The van der Waals surface area contributed by atoms with Gasteiger partial charge in [0, 0.05) is 18.7 Å². The van der Waals surface area contributed by atoms with E-state index in [1.165, 1.54) is 51.0 Å². The molecule has 1 saturated heterocycles. The van der Waals surface area contributed by atoms with E-state index in [9.17, 15) is 14.9 Å². The quantitative estimate of drug-likeness (QED) is 0.603. The van der Waals surface area contributed by atoms with E-state index in [0.29, 0.717) is 17.7 Å². The smallest absolute Gasteiger partial charge is 0.273 e. The second kappa shape index (κ2) is 7.72. The van der Waals surface area contributed by atoms with Crippen molar-refractivity contribution in [1.29, 1.82) is 0 Å². The number of methoxy groups -OCH3 is 1. The molecule has 2 atom stereocenters. The Morgan fingerprint density at radius 1 is 1.24 bits per heavy atom. The Labute approximate surface area is 147 Å². The Bertz CT molecular complexity index is 646. The molecule has 0 aromatic heterocycles. The van der Waals surface area contributed by atoms with Crippen LogP contribution in [0.5, 0.6) is 11.5 Å². The first kappa shape index (κ1) is 17.5. The minimum Gasteiger partial charge on any atom is -0.493 e. The molecule has 1 amide bonds. The number of piperidine rings is 1. The lowest BCUT2D eigenvalue weighted by Gasteiger charge is -2.44. The van der Waals surface area contributed by atoms with Gasteiger partial charge in [0.05, 0.1) is 18.1 Å². The number of likely N-dealkylation sites (tertiary alicyclic amines) is 1. The van der Waals surface area contributed by atoms with Crippen LogP contribution in [0.25, 0.3) is 0 Å². The average molecular weight is 348 g/mol. The molecular weight excluding hydrogens is 324 g/mol. The summed E-state index contributed by atoms with van der Waals surface area (Å²) in [6.07, 6.45) is 6.93. The fourth-order valence-corrected chi connectivity index (χ4v) is 4.05. The van der Waals surface area contributed by atoms with Crippen LogP contribution in [0.4, 0.5) is 5.69 Å². The third kappa shape index (κ3) is 3.86. The number of rotatable bonds is 5. The summed E-state index contributed by atoms with van der Waals surface area (Å²) in [5.41, 5.74) is -0.0893. The van der Waals surface area contributed by atoms with Gasteiger partial charge in [-0.15, -0.1) is 0 Å². The molecular formula is C18H24N2O5. The van der Waals surface area contributed by atoms with Crippen molar-refractivity contribution in [2.45, 2.75) is 44.6 Å². The lowest BCUT2D eigenvalue weighted by Crippen LogP contribution is -2.51. The molecule has 0 radical (unpaired) electrons. The molecule has 1 aromatic carbocycles. The molecule has 2 aliphatic rings. The number of ether oxygens (including phenoxy) is 2. The number of non-ortho nitro benzene ring substituents is 1. The lowest BCUT2D eigenvalue weighted by atomic mass is 9.78. The van der Waals surface area contributed by atoms with E-state index in [4.69, 9.17) is 9.47 Å². The molecule has 1 aliphatic heterocycles. The number of amides is 1. The van der Waals surface area contributed by atoms with E-state index in [2.05, 4.69) is 0 Å². The van der Waals surface area contributed by atoms with Crippen LogP contribution in [0.2, 0.25) is 0 Å². The summed E-state index contributed by atoms with van der Waals surface area (Å²) < 4.78 is 10.8. The zero-order valence-corrected chi connectivity index (χ0v) is 14.5. The molecule has 0 spiro atoms. The Morgan fingerprint density at radius 3 is 2.76 bits per heavy atom. The number of fused-ring (bicyclic) bond motifs is 1. The Hall–Kier alpha value is -2.31. The van der Waals surface area contributed by atoms with Crippen molar-refractivity contribution in [3.63, 3.8) is 0 Å². The van der Waals surface area contributed by atoms with Gasteiger partial charge in [-0.3, -0.25) is 14.9 Å². The summed E-state index contributed by atoms with van der Waals surface area (Å²) in [6, 6.07) is 4.46. The minimum absolute atomic E-state index is 0.0508. The van der Waals surface area contributed by atoms with Crippen LogP contribution >= 0.6 is 0 Å². The summed E-state index contributed by atoms with van der Waals surface area (Å²) in [6.45, 7) is 0.649. The predicted octanol–water partition coefficient (Wildman–Crippen LogP) is 3.16. The maximum atomic E-state index is 12.7. The molecule has 1 heterocycles. The lowest BCUT2D eigenvalue weighted by molar-refractivity contribution is -0.385. The van der Waals surface area contributed by atoms with Gasteiger partial charge in [-0.05, 0) is 37.7 Å². The maximum Gasteiger partial charge on any atom is 0.273 e. The summed E-state index contributed by atoms with van der Waals surface area (Å²) in [5, 5.41) is 10.9. The summed E-state index contributed by atoms with van der Waals surface area (Å²) in [4.78, 5) is 25.1. The van der Waals surface area contributed by atoms with Crippen molar-refractivity contribution in [3.05, 3.63) is 28.3 Å². The van der Waals surface area contributed by atoms with Gasteiger partial charge in [0.15, 0.2) is 18.1 Å². The van der Waals surface area contributed by atoms with Crippen molar-refractivity contribution in [3.8, 4) is 11.5 Å². The molecule has 25 heavy (non-hydrogen) atoms. The fourth-order valence-electron chi connectivity index (χ4n) is 4.05. The van der Waals surface area contributed by atoms with Gasteiger partial charge in [-0.25, -0.2) is 0 Å². The van der Waals surface area contributed by atoms with E-state index in [1.807, 2.05) is 4.90 Å². The van der Waals surface area contributed by atoms with Gasteiger partial charge in [0.25, 0.3) is 11.6 Å². The minimum atomic E-state index is -0.495. The van der Waals surface area contributed by atoms with Gasteiger partial charge in [-0.1, -0.05) is 12.8 Å². The number of hydrogen-bond acceptors (Lipinski definition) is 5. The number of carbonyl (C=O) groups is 1. The molecule has 0 unspecified atom stereocenters. The summed E-state index contributed by atoms with van der Waals surface area (Å²) >= 11 is 0. The number of carbonyl (C=O) groups excluding carboxylic acids is 1. The van der Waals surface area contributed by atoms with Crippen LogP contribution in [-0.2, 0) is 4.79 Å². The van der Waals surface area contributed by atoms with E-state index in [1.54, 1.807) is 0 Å². The average Bonchev–Trinajstić information content (AvgIpc) is 2.65. The van der Waals surface area contributed by atoms with Crippen molar-refractivity contribution in [2.75, 3.05) is 20.3 Å². The Kier molecular flexibility index (Phi) is 5.40. The molecule has 7 heteroatoms. The highest BCUT2D eigenvalue weighted by Crippen LogP contribution is 2.36. The number of nitro benzene ring substituents is 1. The van der Waals surface area contributed by atoms with Crippen LogP contribution in [-0.4, -0.2) is 42.0 Å². The largest absolute Gasteiger partial charge is 0.493 e. The molecule has 0 bridgehead atoms. The highest BCUT2D eigenvalue weighted by atomic mass is 16.6. The van der Waals surface area contributed by atoms with Crippen LogP contribution in [0, 0.1) is 16.0 Å². The monoisotopic (exact) mass is 348 g/mol. The fraction of sp³-hybridized carbons (Fsp3) is 0.611. The molecule has 0 N–H and O–H groups in total. The number of benzene rings is 1. The SMILES string of the molecule is COc1ccc([N+](=O)[O-])cc1OCC(=O)N1CCC[C@@H]2CCCC[C@@H]21. The van der Waals surface area contributed by atoms with Gasteiger partial charge in [0.1, 0.15) is 0 Å². The number of nitrogens with zero attached hydrogens (tertiary/aromatic N) is 2.